The van der Waals surface area contributed by atoms with E-state index >= 15 is 0 Å². The first-order valence-electron chi connectivity index (χ1n) is 8.39. The monoisotopic (exact) mass is 391 g/mol. The van der Waals surface area contributed by atoms with Gasteiger partial charge in [0.15, 0.2) is 0 Å². The molecular formula is C19H25N3O4S. The molecule has 2 rings (SSSR count). The van der Waals surface area contributed by atoms with Gasteiger partial charge in [0, 0.05) is 20.0 Å². The molecule has 0 aliphatic carbocycles. The Labute approximate surface area is 160 Å². The standard InChI is InChI=1S/C19H25N3O4S/c1-14(23)21-18-11-17(9-10-19(18)26-4)27(24,25)20-12-15-5-7-16(8-6-15)13-22(2)3/h5-11,20H,12-13H2,1-4H3,(H,21,23). The molecule has 0 saturated carbocycles. The van der Waals surface area contributed by atoms with E-state index in [1.165, 1.54) is 32.2 Å². The molecule has 0 bridgehead atoms. The molecule has 0 spiro atoms. The lowest BCUT2D eigenvalue weighted by Gasteiger charge is -2.13. The van der Waals surface area contributed by atoms with Gasteiger partial charge in [-0.25, -0.2) is 13.1 Å². The van der Waals surface area contributed by atoms with Crippen molar-refractivity contribution in [3.05, 3.63) is 53.6 Å². The molecule has 0 unspecified atom stereocenters. The fourth-order valence-electron chi connectivity index (χ4n) is 2.53. The fourth-order valence-corrected chi connectivity index (χ4v) is 3.57. The first-order chi connectivity index (χ1) is 12.7. The highest BCUT2D eigenvalue weighted by molar-refractivity contribution is 7.89. The number of nitrogens with zero attached hydrogens (tertiary/aromatic N) is 1. The van der Waals surface area contributed by atoms with Crippen LogP contribution in [-0.2, 0) is 27.9 Å². The summed E-state index contributed by atoms with van der Waals surface area (Å²) in [6.07, 6.45) is 0. The van der Waals surface area contributed by atoms with Crippen molar-refractivity contribution < 1.29 is 17.9 Å². The molecule has 0 fully saturated rings. The minimum Gasteiger partial charge on any atom is -0.495 e. The molecule has 0 atom stereocenters. The number of rotatable bonds is 8. The normalized spacial score (nSPS) is 11.4. The third-order valence-electron chi connectivity index (χ3n) is 3.78. The van der Waals surface area contributed by atoms with Gasteiger partial charge >= 0.3 is 0 Å². The van der Waals surface area contributed by atoms with Crippen molar-refractivity contribution >= 4 is 21.6 Å². The van der Waals surface area contributed by atoms with E-state index < -0.39 is 10.0 Å². The number of carbonyl (C=O) groups is 1. The van der Waals surface area contributed by atoms with Gasteiger partial charge in [0.25, 0.3) is 0 Å². The van der Waals surface area contributed by atoms with E-state index in [0.717, 1.165) is 17.7 Å². The molecule has 0 radical (unpaired) electrons. The van der Waals surface area contributed by atoms with Crippen LogP contribution in [0.15, 0.2) is 47.4 Å². The van der Waals surface area contributed by atoms with Crippen molar-refractivity contribution in [3.8, 4) is 5.75 Å². The van der Waals surface area contributed by atoms with E-state index in [9.17, 15) is 13.2 Å². The van der Waals surface area contributed by atoms with Gasteiger partial charge in [0.1, 0.15) is 5.75 Å². The smallest absolute Gasteiger partial charge is 0.240 e. The van der Waals surface area contributed by atoms with Crippen LogP contribution in [0.25, 0.3) is 0 Å². The van der Waals surface area contributed by atoms with Crippen molar-refractivity contribution in [1.82, 2.24) is 9.62 Å². The number of anilines is 1. The van der Waals surface area contributed by atoms with Gasteiger partial charge < -0.3 is 15.0 Å². The molecule has 2 aromatic rings. The number of methoxy groups -OCH3 is 1. The molecule has 2 N–H and O–H groups in total. The number of ether oxygens (including phenoxy) is 1. The highest BCUT2D eigenvalue weighted by atomic mass is 32.2. The Morgan fingerprint density at radius 1 is 1.07 bits per heavy atom. The maximum atomic E-state index is 12.6. The van der Waals surface area contributed by atoms with Crippen LogP contribution in [0.4, 0.5) is 5.69 Å². The summed E-state index contributed by atoms with van der Waals surface area (Å²) in [5, 5.41) is 2.57. The van der Waals surface area contributed by atoms with Gasteiger partial charge in [-0.05, 0) is 43.4 Å². The van der Waals surface area contributed by atoms with Gasteiger partial charge in [-0.1, -0.05) is 24.3 Å². The average Bonchev–Trinajstić information content (AvgIpc) is 2.60. The van der Waals surface area contributed by atoms with Gasteiger partial charge in [0.05, 0.1) is 17.7 Å². The van der Waals surface area contributed by atoms with Crippen LogP contribution in [0, 0.1) is 0 Å². The molecule has 7 nitrogen and oxygen atoms in total. The summed E-state index contributed by atoms with van der Waals surface area (Å²) in [6.45, 7) is 2.34. The molecule has 0 aliphatic heterocycles. The van der Waals surface area contributed by atoms with Crippen molar-refractivity contribution in [2.75, 3.05) is 26.5 Å². The molecular weight excluding hydrogens is 366 g/mol. The summed E-state index contributed by atoms with van der Waals surface area (Å²) in [5.74, 6) is 0.0780. The summed E-state index contributed by atoms with van der Waals surface area (Å²) in [6, 6.07) is 12.1. The van der Waals surface area contributed by atoms with Crippen LogP contribution in [0.2, 0.25) is 0 Å². The Kier molecular flexibility index (Phi) is 6.95. The molecule has 146 valence electrons. The Bertz CT molecular complexity index is 894. The number of carbonyl (C=O) groups excluding carboxylic acids is 1. The third kappa shape index (κ3) is 6.06. The lowest BCUT2D eigenvalue weighted by atomic mass is 10.1. The molecule has 8 heteroatoms. The summed E-state index contributed by atoms with van der Waals surface area (Å²) in [5.41, 5.74) is 2.32. The van der Waals surface area contributed by atoms with Crippen LogP contribution >= 0.6 is 0 Å². The summed E-state index contributed by atoms with van der Waals surface area (Å²) < 4.78 is 32.9. The molecule has 2 aromatic carbocycles. The van der Waals surface area contributed by atoms with Crippen molar-refractivity contribution in [3.63, 3.8) is 0 Å². The molecule has 1 amide bonds. The number of nitrogens with one attached hydrogen (secondary N) is 2. The Morgan fingerprint density at radius 3 is 2.26 bits per heavy atom. The van der Waals surface area contributed by atoms with Crippen LogP contribution in [-0.4, -0.2) is 40.4 Å². The number of amides is 1. The maximum absolute atomic E-state index is 12.6. The van der Waals surface area contributed by atoms with Gasteiger partial charge in [-0.15, -0.1) is 0 Å². The lowest BCUT2D eigenvalue weighted by molar-refractivity contribution is -0.114. The second kappa shape index (κ2) is 8.98. The quantitative estimate of drug-likeness (QED) is 0.720. The van der Waals surface area contributed by atoms with E-state index in [4.69, 9.17) is 4.74 Å². The fraction of sp³-hybridized carbons (Fsp3) is 0.316. The highest BCUT2D eigenvalue weighted by Crippen LogP contribution is 2.27. The van der Waals surface area contributed by atoms with Crippen LogP contribution in [0.1, 0.15) is 18.1 Å². The SMILES string of the molecule is COc1ccc(S(=O)(=O)NCc2ccc(CN(C)C)cc2)cc1NC(C)=O. The summed E-state index contributed by atoms with van der Waals surface area (Å²) >= 11 is 0. The minimum atomic E-state index is -3.74. The largest absolute Gasteiger partial charge is 0.495 e. The number of benzene rings is 2. The maximum Gasteiger partial charge on any atom is 0.240 e. The topological polar surface area (TPSA) is 87.7 Å². The third-order valence-corrected chi connectivity index (χ3v) is 5.18. The van der Waals surface area contributed by atoms with E-state index in [1.807, 2.05) is 38.4 Å². The van der Waals surface area contributed by atoms with Crippen molar-refractivity contribution in [1.29, 1.82) is 0 Å². The van der Waals surface area contributed by atoms with Crippen LogP contribution in [0.3, 0.4) is 0 Å². The predicted molar refractivity (Wildman–Crippen MR) is 105 cm³/mol. The predicted octanol–water partition coefficient (Wildman–Crippen LogP) is 2.19. The Balaban J connectivity index is 2.13. The summed E-state index contributed by atoms with van der Waals surface area (Å²) in [4.78, 5) is 13.4. The zero-order chi connectivity index (χ0) is 20.0. The van der Waals surface area contributed by atoms with Crippen molar-refractivity contribution in [2.45, 2.75) is 24.9 Å². The van der Waals surface area contributed by atoms with Crippen molar-refractivity contribution in [2.24, 2.45) is 0 Å². The molecule has 0 heterocycles. The van der Waals surface area contributed by atoms with Gasteiger partial charge in [-0.3, -0.25) is 4.79 Å². The molecule has 0 aromatic heterocycles. The van der Waals surface area contributed by atoms with Crippen LogP contribution < -0.4 is 14.8 Å². The summed E-state index contributed by atoms with van der Waals surface area (Å²) in [7, 11) is 1.70. The molecule has 0 saturated heterocycles. The minimum absolute atomic E-state index is 0.0521. The Hall–Kier alpha value is -2.42. The molecule has 0 aliphatic rings. The van der Waals surface area contributed by atoms with Gasteiger partial charge in [0.2, 0.25) is 15.9 Å². The van der Waals surface area contributed by atoms with E-state index in [-0.39, 0.29) is 17.3 Å². The second-order valence-corrected chi connectivity index (χ2v) is 8.19. The zero-order valence-electron chi connectivity index (χ0n) is 15.9. The average molecular weight is 391 g/mol. The van der Waals surface area contributed by atoms with E-state index in [2.05, 4.69) is 14.9 Å². The highest BCUT2D eigenvalue weighted by Gasteiger charge is 2.17. The number of hydrogen-bond acceptors (Lipinski definition) is 5. The zero-order valence-corrected chi connectivity index (χ0v) is 16.8. The number of hydrogen-bond donors (Lipinski definition) is 2. The lowest BCUT2D eigenvalue weighted by Crippen LogP contribution is -2.23. The van der Waals surface area contributed by atoms with Crippen LogP contribution in [0.5, 0.6) is 5.75 Å². The Morgan fingerprint density at radius 2 is 1.70 bits per heavy atom. The van der Waals surface area contributed by atoms with Gasteiger partial charge in [-0.2, -0.15) is 0 Å². The first-order valence-corrected chi connectivity index (χ1v) is 9.87. The van der Waals surface area contributed by atoms with E-state index in [0.29, 0.717) is 11.4 Å². The molecule has 27 heavy (non-hydrogen) atoms. The first kappa shape index (κ1) is 20.9. The van der Waals surface area contributed by atoms with E-state index in [1.54, 1.807) is 0 Å². The second-order valence-electron chi connectivity index (χ2n) is 6.42. The number of sulfonamides is 1.